The minimum absolute atomic E-state index is 0.0921. The summed E-state index contributed by atoms with van der Waals surface area (Å²) in [6.07, 6.45) is 0. The molecule has 0 amide bonds. The Balaban J connectivity index is 2.22. The molecule has 1 aromatic heterocycles. The molecule has 0 fully saturated rings. The number of esters is 1. The number of carbonyl (C=O) groups excluding carboxylic acids is 1. The monoisotopic (exact) mass is 293 g/mol. The Bertz CT molecular complexity index is 690. The number of carbonyl (C=O) groups is 1. The van der Waals surface area contributed by atoms with Gasteiger partial charge >= 0.3 is 10.8 Å². The topological polar surface area (TPSA) is 97.2 Å². The van der Waals surface area contributed by atoms with Crippen molar-refractivity contribution in [2.45, 2.75) is 13.5 Å². The van der Waals surface area contributed by atoms with Gasteiger partial charge < -0.3 is 20.8 Å². The van der Waals surface area contributed by atoms with Gasteiger partial charge in [0, 0.05) is 22.4 Å². The van der Waals surface area contributed by atoms with E-state index in [4.69, 9.17) is 10.5 Å². The van der Waals surface area contributed by atoms with E-state index in [-0.39, 0.29) is 4.87 Å². The van der Waals surface area contributed by atoms with Crippen LogP contribution in [0.5, 0.6) is 0 Å². The van der Waals surface area contributed by atoms with E-state index in [9.17, 15) is 9.59 Å². The van der Waals surface area contributed by atoms with Crippen LogP contribution in [0, 0.1) is 6.92 Å². The number of nitrogen functional groups attached to an aromatic ring is 1. The third kappa shape index (κ3) is 3.00. The van der Waals surface area contributed by atoms with Crippen molar-refractivity contribution in [3.8, 4) is 0 Å². The Kier molecular flexibility index (Phi) is 4.09. The molecule has 0 aliphatic carbocycles. The van der Waals surface area contributed by atoms with Crippen molar-refractivity contribution < 1.29 is 9.53 Å². The van der Waals surface area contributed by atoms with E-state index >= 15 is 0 Å². The number of nitrogens with one attached hydrogen (secondary N) is 2. The Hall–Kier alpha value is -2.28. The summed E-state index contributed by atoms with van der Waals surface area (Å²) in [6, 6.07) is 3.48. The van der Waals surface area contributed by atoms with Gasteiger partial charge in [-0.25, -0.2) is 4.79 Å². The summed E-state index contributed by atoms with van der Waals surface area (Å²) in [5.74, 6) is -0.474. The molecule has 0 aliphatic rings. The molecular formula is C13H15N3O3S. The Morgan fingerprint density at radius 3 is 2.85 bits per heavy atom. The zero-order chi connectivity index (χ0) is 14.7. The fourth-order valence-corrected chi connectivity index (χ4v) is 2.36. The van der Waals surface area contributed by atoms with Crippen molar-refractivity contribution >= 4 is 28.7 Å². The van der Waals surface area contributed by atoms with Crippen LogP contribution in [0.25, 0.3) is 0 Å². The standard InChI is InChI=1S/C13H15N3O3S/c1-7-3-8(4-10(11(7)14)12(17)19-2)15-5-9-6-20-13(18)16-9/h3-4,6,15H,5,14H2,1-2H3,(H,16,18). The molecule has 0 atom stereocenters. The second kappa shape index (κ2) is 5.79. The van der Waals surface area contributed by atoms with Crippen LogP contribution in [0.4, 0.5) is 11.4 Å². The van der Waals surface area contributed by atoms with Gasteiger partial charge in [0.15, 0.2) is 0 Å². The van der Waals surface area contributed by atoms with Crippen LogP contribution in [-0.4, -0.2) is 18.1 Å². The predicted molar refractivity (Wildman–Crippen MR) is 79.2 cm³/mol. The SMILES string of the molecule is COC(=O)c1cc(NCc2csc(=O)[nH]2)cc(C)c1N. The number of hydrogen-bond donors (Lipinski definition) is 3. The molecule has 0 saturated heterocycles. The van der Waals surface area contributed by atoms with E-state index in [1.165, 1.54) is 7.11 Å². The zero-order valence-corrected chi connectivity index (χ0v) is 12.0. The average Bonchev–Trinajstić information content (AvgIpc) is 2.85. The first kappa shape index (κ1) is 14.1. The Morgan fingerprint density at radius 2 is 2.25 bits per heavy atom. The zero-order valence-electron chi connectivity index (χ0n) is 11.1. The number of aryl methyl sites for hydroxylation is 1. The highest BCUT2D eigenvalue weighted by Crippen LogP contribution is 2.23. The van der Waals surface area contributed by atoms with Gasteiger partial charge in [-0.15, -0.1) is 0 Å². The summed E-state index contributed by atoms with van der Waals surface area (Å²) in [4.78, 5) is 25.3. The second-order valence-electron chi connectivity index (χ2n) is 4.27. The highest BCUT2D eigenvalue weighted by molar-refractivity contribution is 7.07. The highest BCUT2D eigenvalue weighted by Gasteiger charge is 2.13. The summed E-state index contributed by atoms with van der Waals surface area (Å²) in [6.45, 7) is 2.28. The van der Waals surface area contributed by atoms with Crippen LogP contribution in [0.1, 0.15) is 21.6 Å². The van der Waals surface area contributed by atoms with Crippen LogP contribution < -0.4 is 15.9 Å². The average molecular weight is 293 g/mol. The maximum atomic E-state index is 11.6. The van der Waals surface area contributed by atoms with Crippen molar-refractivity contribution in [2.75, 3.05) is 18.2 Å². The molecule has 6 nitrogen and oxygen atoms in total. The van der Waals surface area contributed by atoms with Crippen LogP contribution in [0.15, 0.2) is 22.3 Å². The van der Waals surface area contributed by atoms with Gasteiger partial charge in [-0.1, -0.05) is 11.3 Å². The predicted octanol–water partition coefficient (Wildman–Crippen LogP) is 1.73. The summed E-state index contributed by atoms with van der Waals surface area (Å²) in [5.41, 5.74) is 8.91. The number of rotatable bonds is 4. The number of aromatic nitrogens is 1. The van der Waals surface area contributed by atoms with Gasteiger partial charge in [0.2, 0.25) is 0 Å². The molecule has 0 aliphatic heterocycles. The van der Waals surface area contributed by atoms with E-state index in [1.54, 1.807) is 11.4 Å². The van der Waals surface area contributed by atoms with E-state index in [1.807, 2.05) is 13.0 Å². The maximum absolute atomic E-state index is 11.6. The van der Waals surface area contributed by atoms with Crippen molar-refractivity contribution in [1.29, 1.82) is 0 Å². The number of benzene rings is 1. The Labute approximate surface area is 119 Å². The third-order valence-corrected chi connectivity index (χ3v) is 3.56. The molecule has 4 N–H and O–H groups in total. The fraction of sp³-hybridized carbons (Fsp3) is 0.231. The van der Waals surface area contributed by atoms with Crippen molar-refractivity contribution in [1.82, 2.24) is 4.98 Å². The van der Waals surface area contributed by atoms with Gasteiger partial charge in [-0.2, -0.15) is 0 Å². The summed E-state index contributed by atoms with van der Waals surface area (Å²) in [5, 5.41) is 4.89. The molecule has 2 aromatic rings. The number of methoxy groups -OCH3 is 1. The lowest BCUT2D eigenvalue weighted by Gasteiger charge is -2.11. The summed E-state index contributed by atoms with van der Waals surface area (Å²) >= 11 is 1.11. The molecule has 106 valence electrons. The van der Waals surface area contributed by atoms with Gasteiger partial charge in [0.05, 0.1) is 19.2 Å². The fourth-order valence-electron chi connectivity index (χ4n) is 1.78. The highest BCUT2D eigenvalue weighted by atomic mass is 32.1. The number of H-pyrrole nitrogens is 1. The molecule has 7 heteroatoms. The van der Waals surface area contributed by atoms with Crippen LogP contribution in [-0.2, 0) is 11.3 Å². The Morgan fingerprint density at radius 1 is 1.50 bits per heavy atom. The van der Waals surface area contributed by atoms with Gasteiger partial charge in [-0.3, -0.25) is 4.79 Å². The normalized spacial score (nSPS) is 10.3. The minimum atomic E-state index is -0.474. The number of anilines is 2. The van der Waals surface area contributed by atoms with Crippen molar-refractivity contribution in [3.05, 3.63) is 44.0 Å². The van der Waals surface area contributed by atoms with E-state index in [0.717, 1.165) is 28.3 Å². The number of aromatic amines is 1. The molecule has 0 unspecified atom stereocenters. The molecule has 20 heavy (non-hydrogen) atoms. The lowest BCUT2D eigenvalue weighted by Crippen LogP contribution is -2.09. The summed E-state index contributed by atoms with van der Waals surface area (Å²) < 4.78 is 4.70. The molecular weight excluding hydrogens is 278 g/mol. The van der Waals surface area contributed by atoms with Crippen LogP contribution in [0.3, 0.4) is 0 Å². The lowest BCUT2D eigenvalue weighted by atomic mass is 10.1. The van der Waals surface area contributed by atoms with Gasteiger partial charge in [0.25, 0.3) is 0 Å². The van der Waals surface area contributed by atoms with Gasteiger partial charge in [-0.05, 0) is 24.6 Å². The molecule has 0 spiro atoms. The first-order chi connectivity index (χ1) is 9.51. The van der Waals surface area contributed by atoms with Gasteiger partial charge in [0.1, 0.15) is 0 Å². The van der Waals surface area contributed by atoms with Crippen molar-refractivity contribution in [2.24, 2.45) is 0 Å². The lowest BCUT2D eigenvalue weighted by molar-refractivity contribution is 0.0602. The summed E-state index contributed by atoms with van der Waals surface area (Å²) in [7, 11) is 1.31. The number of hydrogen-bond acceptors (Lipinski definition) is 6. The first-order valence-electron chi connectivity index (χ1n) is 5.90. The molecule has 2 rings (SSSR count). The molecule has 0 bridgehead atoms. The smallest absolute Gasteiger partial charge is 0.340 e. The quantitative estimate of drug-likeness (QED) is 0.589. The molecule has 0 saturated carbocycles. The van der Waals surface area contributed by atoms with E-state index in [0.29, 0.717) is 17.8 Å². The number of thiazole rings is 1. The second-order valence-corrected chi connectivity index (χ2v) is 5.12. The first-order valence-corrected chi connectivity index (χ1v) is 6.78. The third-order valence-electron chi connectivity index (χ3n) is 2.85. The number of ether oxygens (including phenoxy) is 1. The molecule has 1 aromatic carbocycles. The molecule has 1 heterocycles. The van der Waals surface area contributed by atoms with E-state index in [2.05, 4.69) is 10.3 Å². The maximum Gasteiger partial charge on any atom is 0.340 e. The molecule has 0 radical (unpaired) electrons. The van der Waals surface area contributed by atoms with Crippen LogP contribution in [0.2, 0.25) is 0 Å². The van der Waals surface area contributed by atoms with Crippen molar-refractivity contribution in [3.63, 3.8) is 0 Å². The van der Waals surface area contributed by atoms with Crippen LogP contribution >= 0.6 is 11.3 Å². The number of nitrogens with two attached hydrogens (primary N) is 1. The largest absolute Gasteiger partial charge is 0.465 e. The minimum Gasteiger partial charge on any atom is -0.465 e. The van der Waals surface area contributed by atoms with E-state index < -0.39 is 5.97 Å².